The zero-order valence-electron chi connectivity index (χ0n) is 7.71. The van der Waals surface area contributed by atoms with Gasteiger partial charge in [0.05, 0.1) is 17.5 Å². The van der Waals surface area contributed by atoms with Crippen molar-refractivity contribution in [2.24, 2.45) is 0 Å². The summed E-state index contributed by atoms with van der Waals surface area (Å²) in [5.74, 6) is -1.63. The molecule has 0 unspecified atom stereocenters. The van der Waals surface area contributed by atoms with Crippen molar-refractivity contribution in [1.29, 1.82) is 0 Å². The van der Waals surface area contributed by atoms with Gasteiger partial charge in [0.1, 0.15) is 0 Å². The summed E-state index contributed by atoms with van der Waals surface area (Å²) in [7, 11) is 0. The predicted molar refractivity (Wildman–Crippen MR) is 35.7 cm³/mol. The van der Waals surface area contributed by atoms with Crippen molar-refractivity contribution in [3.8, 4) is 0 Å². The van der Waals surface area contributed by atoms with Gasteiger partial charge in [0.2, 0.25) is 0 Å². The first-order chi connectivity index (χ1) is 6.41. The standard InChI is InChI=1S/C7H5F3N2O2.Li/c8-7(9,10)4-1-2-11-12-5(4)3-6(13)14;/h1-2H,3H2,(H,13,14);/q;+1/p-1. The van der Waals surface area contributed by atoms with Gasteiger partial charge in [0.25, 0.3) is 0 Å². The molecule has 0 aliphatic carbocycles. The molecule has 0 aromatic carbocycles. The molecular formula is C7H4F3LiN2O2. The first-order valence-corrected chi connectivity index (χ1v) is 3.49. The van der Waals surface area contributed by atoms with Gasteiger partial charge >= 0.3 is 25.0 Å². The molecule has 0 radical (unpaired) electrons. The number of halogens is 3. The number of rotatable bonds is 2. The van der Waals surface area contributed by atoms with Crippen molar-refractivity contribution in [2.45, 2.75) is 12.6 Å². The summed E-state index contributed by atoms with van der Waals surface area (Å²) in [5, 5.41) is 16.4. The number of carbonyl (C=O) groups is 1. The Morgan fingerprint density at radius 1 is 1.47 bits per heavy atom. The number of carbonyl (C=O) groups excluding carboxylic acids is 1. The van der Waals surface area contributed by atoms with Gasteiger partial charge < -0.3 is 9.90 Å². The summed E-state index contributed by atoms with van der Waals surface area (Å²) in [6, 6.07) is 0.672. The van der Waals surface area contributed by atoms with Crippen LogP contribution in [0.4, 0.5) is 13.2 Å². The maximum absolute atomic E-state index is 12.2. The molecule has 4 nitrogen and oxygen atoms in total. The topological polar surface area (TPSA) is 65.9 Å². The van der Waals surface area contributed by atoms with Crippen LogP contribution < -0.4 is 24.0 Å². The Balaban J connectivity index is 0.00000196. The number of aromatic nitrogens is 2. The van der Waals surface area contributed by atoms with E-state index in [-0.39, 0.29) is 18.9 Å². The first kappa shape index (κ1) is 13.9. The van der Waals surface area contributed by atoms with Crippen LogP contribution in [0.15, 0.2) is 12.3 Å². The zero-order chi connectivity index (χ0) is 10.8. The molecule has 0 N–H and O–H groups in total. The molecule has 0 saturated carbocycles. The average Bonchev–Trinajstić information content (AvgIpc) is 2.01. The maximum Gasteiger partial charge on any atom is 1.00 e. The molecule has 1 rings (SSSR count). The van der Waals surface area contributed by atoms with E-state index in [9.17, 15) is 23.1 Å². The third-order valence-electron chi connectivity index (χ3n) is 1.41. The van der Waals surface area contributed by atoms with Crippen molar-refractivity contribution in [3.05, 3.63) is 23.5 Å². The normalized spacial score (nSPS) is 10.6. The minimum Gasteiger partial charge on any atom is -0.550 e. The van der Waals surface area contributed by atoms with E-state index < -0.39 is 29.8 Å². The van der Waals surface area contributed by atoms with Crippen LogP contribution in [0, 0.1) is 0 Å². The van der Waals surface area contributed by atoms with Crippen LogP contribution in [0.1, 0.15) is 11.3 Å². The monoisotopic (exact) mass is 212 g/mol. The molecule has 0 saturated heterocycles. The number of carboxylic acid groups (broad SMARTS) is 1. The molecule has 0 amide bonds. The van der Waals surface area contributed by atoms with Crippen molar-refractivity contribution < 1.29 is 41.9 Å². The van der Waals surface area contributed by atoms with Gasteiger partial charge in [0.15, 0.2) is 0 Å². The third-order valence-corrected chi connectivity index (χ3v) is 1.41. The quantitative estimate of drug-likeness (QED) is 0.484. The number of aliphatic carboxylic acids is 1. The molecule has 0 aliphatic rings. The third kappa shape index (κ3) is 3.89. The van der Waals surface area contributed by atoms with Crippen LogP contribution in [0.5, 0.6) is 0 Å². The summed E-state index contributed by atoms with van der Waals surface area (Å²) in [4.78, 5) is 10.1. The van der Waals surface area contributed by atoms with Crippen molar-refractivity contribution in [1.82, 2.24) is 10.2 Å². The van der Waals surface area contributed by atoms with Crippen LogP contribution >= 0.6 is 0 Å². The van der Waals surface area contributed by atoms with E-state index in [4.69, 9.17) is 0 Å². The molecule has 1 aromatic rings. The second kappa shape index (κ2) is 5.14. The fraction of sp³-hybridized carbons (Fsp3) is 0.286. The van der Waals surface area contributed by atoms with Crippen LogP contribution in [0.25, 0.3) is 0 Å². The smallest absolute Gasteiger partial charge is 0.550 e. The van der Waals surface area contributed by atoms with E-state index in [1.807, 2.05) is 0 Å². The molecular weight excluding hydrogens is 208 g/mol. The fourth-order valence-electron chi connectivity index (χ4n) is 0.886. The van der Waals surface area contributed by atoms with Gasteiger partial charge in [-0.2, -0.15) is 23.4 Å². The Bertz CT molecular complexity index is 356. The molecule has 0 spiro atoms. The first-order valence-electron chi connectivity index (χ1n) is 3.49. The Morgan fingerprint density at radius 2 is 2.07 bits per heavy atom. The molecule has 1 heterocycles. The minimum absolute atomic E-state index is 0. The fourth-order valence-corrected chi connectivity index (χ4v) is 0.886. The second-order valence-electron chi connectivity index (χ2n) is 2.44. The average molecular weight is 212 g/mol. The van der Waals surface area contributed by atoms with Crippen molar-refractivity contribution >= 4 is 5.97 Å². The van der Waals surface area contributed by atoms with Crippen LogP contribution in [-0.2, 0) is 17.4 Å². The molecule has 76 valence electrons. The van der Waals surface area contributed by atoms with Gasteiger partial charge in [-0.15, -0.1) is 0 Å². The number of alkyl halides is 3. The molecule has 8 heteroatoms. The van der Waals surface area contributed by atoms with E-state index in [2.05, 4.69) is 10.2 Å². The molecule has 15 heavy (non-hydrogen) atoms. The SMILES string of the molecule is O=C([O-])Cc1nnccc1C(F)(F)F.[Li+]. The summed E-state index contributed by atoms with van der Waals surface area (Å²) < 4.78 is 36.7. The largest absolute Gasteiger partial charge is 1.00 e. The number of hydrogen-bond acceptors (Lipinski definition) is 4. The maximum atomic E-state index is 12.2. The zero-order valence-corrected chi connectivity index (χ0v) is 7.71. The predicted octanol–water partition coefficient (Wildman–Crippen LogP) is -3.21. The van der Waals surface area contributed by atoms with Crippen LogP contribution in [-0.4, -0.2) is 16.2 Å². The van der Waals surface area contributed by atoms with E-state index >= 15 is 0 Å². The van der Waals surface area contributed by atoms with Gasteiger partial charge in [-0.05, 0) is 6.07 Å². The van der Waals surface area contributed by atoms with Gasteiger partial charge in [-0.25, -0.2) is 0 Å². The van der Waals surface area contributed by atoms with E-state index in [0.717, 1.165) is 6.20 Å². The number of carboxylic acids is 1. The number of nitrogens with zero attached hydrogens (tertiary/aromatic N) is 2. The summed E-state index contributed by atoms with van der Waals surface area (Å²) in [6.07, 6.45) is -4.68. The summed E-state index contributed by atoms with van der Waals surface area (Å²) in [5.41, 5.74) is -1.74. The van der Waals surface area contributed by atoms with E-state index in [0.29, 0.717) is 6.07 Å². The second-order valence-corrected chi connectivity index (χ2v) is 2.44. The van der Waals surface area contributed by atoms with Crippen molar-refractivity contribution in [2.75, 3.05) is 0 Å². The molecule has 0 aliphatic heterocycles. The molecule has 1 aromatic heterocycles. The van der Waals surface area contributed by atoms with E-state index in [1.165, 1.54) is 0 Å². The summed E-state index contributed by atoms with van der Waals surface area (Å²) >= 11 is 0. The van der Waals surface area contributed by atoms with E-state index in [1.54, 1.807) is 0 Å². The molecule has 0 bridgehead atoms. The Hall–Kier alpha value is -1.06. The Morgan fingerprint density at radius 3 is 2.53 bits per heavy atom. The Labute approximate surface area is 94.7 Å². The number of hydrogen-bond donors (Lipinski definition) is 0. The van der Waals surface area contributed by atoms with Gasteiger partial charge in [-0.1, -0.05) is 0 Å². The van der Waals surface area contributed by atoms with Crippen LogP contribution in [0.3, 0.4) is 0 Å². The van der Waals surface area contributed by atoms with Crippen molar-refractivity contribution in [3.63, 3.8) is 0 Å². The van der Waals surface area contributed by atoms with Gasteiger partial charge in [-0.3, -0.25) is 0 Å². The molecule has 0 fully saturated rings. The van der Waals surface area contributed by atoms with Crippen LogP contribution in [0.2, 0.25) is 0 Å². The Kier molecular flexibility index (Phi) is 4.78. The van der Waals surface area contributed by atoms with Gasteiger partial charge in [0, 0.05) is 12.4 Å². The molecule has 0 atom stereocenters. The summed E-state index contributed by atoms with van der Waals surface area (Å²) in [6.45, 7) is 0. The minimum atomic E-state index is -4.62.